The molecule has 0 bridgehead atoms. The van der Waals surface area contributed by atoms with Crippen LogP contribution >= 0.6 is 0 Å². The van der Waals surface area contributed by atoms with E-state index in [-0.39, 0.29) is 12.0 Å². The Bertz CT molecular complexity index is 298. The number of carbonyl (C=O) groups is 1. The van der Waals surface area contributed by atoms with E-state index in [1.807, 2.05) is 0 Å². The number of nitrogens with two attached hydrogens (primary N) is 1. The minimum atomic E-state index is 0.206. The van der Waals surface area contributed by atoms with Crippen LogP contribution in [0.25, 0.3) is 0 Å². The highest BCUT2D eigenvalue weighted by Crippen LogP contribution is 2.26. The first-order valence-electron chi connectivity index (χ1n) is 7.83. The normalized spacial score (nSPS) is 29.2. The van der Waals surface area contributed by atoms with Crippen molar-refractivity contribution in [2.45, 2.75) is 45.6 Å². The molecule has 1 aliphatic carbocycles. The standard InChI is InChI=1S/C15H29N3O/c1-12(2)5-6-17-7-9-18(10-8-17)15(19)13-3-4-14(16)11-13/h12-14H,3-11,16H2,1-2H3. The van der Waals surface area contributed by atoms with Crippen LogP contribution in [0, 0.1) is 11.8 Å². The van der Waals surface area contributed by atoms with Crippen LogP contribution < -0.4 is 5.73 Å². The second kappa shape index (κ2) is 6.71. The topological polar surface area (TPSA) is 49.6 Å². The number of hydrogen-bond acceptors (Lipinski definition) is 3. The van der Waals surface area contributed by atoms with E-state index >= 15 is 0 Å². The second-order valence-corrected chi connectivity index (χ2v) is 6.62. The summed E-state index contributed by atoms with van der Waals surface area (Å²) < 4.78 is 0. The van der Waals surface area contributed by atoms with Gasteiger partial charge in [-0.05, 0) is 38.1 Å². The van der Waals surface area contributed by atoms with Crippen LogP contribution in [0.3, 0.4) is 0 Å². The van der Waals surface area contributed by atoms with Gasteiger partial charge >= 0.3 is 0 Å². The number of amides is 1. The lowest BCUT2D eigenvalue weighted by atomic mass is 10.1. The van der Waals surface area contributed by atoms with Crippen molar-refractivity contribution in [1.82, 2.24) is 9.80 Å². The van der Waals surface area contributed by atoms with Crippen molar-refractivity contribution in [2.75, 3.05) is 32.7 Å². The molecule has 1 heterocycles. The first kappa shape index (κ1) is 14.8. The van der Waals surface area contributed by atoms with Gasteiger partial charge in [0.25, 0.3) is 0 Å². The van der Waals surface area contributed by atoms with Gasteiger partial charge in [0.15, 0.2) is 0 Å². The summed E-state index contributed by atoms with van der Waals surface area (Å²) in [7, 11) is 0. The molecule has 2 atom stereocenters. The van der Waals surface area contributed by atoms with Gasteiger partial charge in [-0.3, -0.25) is 9.69 Å². The van der Waals surface area contributed by atoms with Gasteiger partial charge < -0.3 is 10.6 Å². The van der Waals surface area contributed by atoms with E-state index in [1.54, 1.807) is 0 Å². The molecular formula is C15H29N3O. The van der Waals surface area contributed by atoms with Crippen molar-refractivity contribution >= 4 is 5.91 Å². The van der Waals surface area contributed by atoms with E-state index in [2.05, 4.69) is 23.6 Å². The Hall–Kier alpha value is -0.610. The van der Waals surface area contributed by atoms with Crippen LogP contribution in [-0.2, 0) is 4.79 Å². The number of carbonyl (C=O) groups excluding carboxylic acids is 1. The van der Waals surface area contributed by atoms with Crippen LogP contribution in [-0.4, -0.2) is 54.5 Å². The van der Waals surface area contributed by atoms with Crippen LogP contribution in [0.1, 0.15) is 39.5 Å². The van der Waals surface area contributed by atoms with Crippen LogP contribution in [0.4, 0.5) is 0 Å². The largest absolute Gasteiger partial charge is 0.340 e. The summed E-state index contributed by atoms with van der Waals surface area (Å²) in [6.07, 6.45) is 4.16. The third-order valence-electron chi connectivity index (χ3n) is 4.53. The van der Waals surface area contributed by atoms with Crippen LogP contribution in [0.2, 0.25) is 0 Å². The Kier molecular flexibility index (Phi) is 5.22. The summed E-state index contributed by atoms with van der Waals surface area (Å²) in [6.45, 7) is 9.60. The third kappa shape index (κ3) is 4.18. The fourth-order valence-corrected chi connectivity index (χ4v) is 3.13. The third-order valence-corrected chi connectivity index (χ3v) is 4.53. The van der Waals surface area contributed by atoms with Crippen molar-refractivity contribution < 1.29 is 4.79 Å². The SMILES string of the molecule is CC(C)CCN1CCN(C(=O)C2CCC(N)C2)CC1. The maximum absolute atomic E-state index is 12.4. The van der Waals surface area contributed by atoms with Gasteiger partial charge in [0.2, 0.25) is 5.91 Å². The highest BCUT2D eigenvalue weighted by atomic mass is 16.2. The first-order chi connectivity index (χ1) is 9.06. The van der Waals surface area contributed by atoms with Crippen molar-refractivity contribution in [3.63, 3.8) is 0 Å². The summed E-state index contributed by atoms with van der Waals surface area (Å²) in [4.78, 5) is 16.9. The zero-order chi connectivity index (χ0) is 13.8. The molecule has 1 saturated heterocycles. The lowest BCUT2D eigenvalue weighted by molar-refractivity contribution is -0.137. The molecule has 0 aromatic rings. The molecule has 1 amide bonds. The zero-order valence-electron chi connectivity index (χ0n) is 12.5. The fourth-order valence-electron chi connectivity index (χ4n) is 3.13. The number of rotatable bonds is 4. The summed E-state index contributed by atoms with van der Waals surface area (Å²) in [5.41, 5.74) is 5.90. The zero-order valence-corrected chi connectivity index (χ0v) is 12.5. The monoisotopic (exact) mass is 267 g/mol. The predicted octanol–water partition coefficient (Wildman–Crippen LogP) is 1.30. The molecule has 19 heavy (non-hydrogen) atoms. The van der Waals surface area contributed by atoms with Crippen molar-refractivity contribution in [2.24, 2.45) is 17.6 Å². The highest BCUT2D eigenvalue weighted by molar-refractivity contribution is 5.79. The van der Waals surface area contributed by atoms with Gasteiger partial charge in [-0.15, -0.1) is 0 Å². The average molecular weight is 267 g/mol. The smallest absolute Gasteiger partial charge is 0.225 e. The number of nitrogens with zero attached hydrogens (tertiary/aromatic N) is 2. The van der Waals surface area contributed by atoms with E-state index in [0.717, 1.165) is 51.4 Å². The molecular weight excluding hydrogens is 238 g/mol. The second-order valence-electron chi connectivity index (χ2n) is 6.62. The van der Waals surface area contributed by atoms with Crippen molar-refractivity contribution in [1.29, 1.82) is 0 Å². The van der Waals surface area contributed by atoms with Crippen LogP contribution in [0.15, 0.2) is 0 Å². The summed E-state index contributed by atoms with van der Waals surface area (Å²) in [6, 6.07) is 0.251. The molecule has 2 rings (SSSR count). The summed E-state index contributed by atoms with van der Waals surface area (Å²) in [5.74, 6) is 1.33. The maximum atomic E-state index is 12.4. The molecule has 110 valence electrons. The Morgan fingerprint density at radius 3 is 2.42 bits per heavy atom. The molecule has 2 unspecified atom stereocenters. The average Bonchev–Trinajstić information content (AvgIpc) is 2.83. The molecule has 2 fully saturated rings. The predicted molar refractivity (Wildman–Crippen MR) is 77.8 cm³/mol. The quantitative estimate of drug-likeness (QED) is 0.835. The molecule has 4 heteroatoms. The summed E-state index contributed by atoms with van der Waals surface area (Å²) in [5, 5.41) is 0. The van der Waals surface area contributed by atoms with Gasteiger partial charge in [-0.1, -0.05) is 13.8 Å². The number of hydrogen-bond donors (Lipinski definition) is 1. The molecule has 4 nitrogen and oxygen atoms in total. The molecule has 0 spiro atoms. The molecule has 0 aromatic heterocycles. The molecule has 1 aliphatic heterocycles. The van der Waals surface area contributed by atoms with Gasteiger partial charge in [0, 0.05) is 38.1 Å². The maximum Gasteiger partial charge on any atom is 0.225 e. The molecule has 0 radical (unpaired) electrons. The van der Waals surface area contributed by atoms with Gasteiger partial charge in [0.1, 0.15) is 0 Å². The first-order valence-corrected chi connectivity index (χ1v) is 7.83. The van der Waals surface area contributed by atoms with E-state index in [9.17, 15) is 4.79 Å². The lowest BCUT2D eigenvalue weighted by Gasteiger charge is -2.36. The van der Waals surface area contributed by atoms with Gasteiger partial charge in [-0.25, -0.2) is 0 Å². The van der Waals surface area contributed by atoms with E-state index < -0.39 is 0 Å². The van der Waals surface area contributed by atoms with E-state index in [4.69, 9.17) is 5.73 Å². The Balaban J connectivity index is 1.72. The van der Waals surface area contributed by atoms with Crippen molar-refractivity contribution in [3.8, 4) is 0 Å². The van der Waals surface area contributed by atoms with Crippen molar-refractivity contribution in [3.05, 3.63) is 0 Å². The molecule has 2 N–H and O–H groups in total. The minimum absolute atomic E-state index is 0.206. The van der Waals surface area contributed by atoms with Gasteiger partial charge in [0.05, 0.1) is 0 Å². The number of piperazine rings is 1. The van der Waals surface area contributed by atoms with Crippen LogP contribution in [0.5, 0.6) is 0 Å². The Morgan fingerprint density at radius 2 is 1.89 bits per heavy atom. The van der Waals surface area contributed by atoms with Gasteiger partial charge in [-0.2, -0.15) is 0 Å². The minimum Gasteiger partial charge on any atom is -0.340 e. The lowest BCUT2D eigenvalue weighted by Crippen LogP contribution is -2.50. The highest BCUT2D eigenvalue weighted by Gasteiger charge is 2.32. The molecule has 2 aliphatic rings. The molecule has 0 aromatic carbocycles. The van der Waals surface area contributed by atoms with E-state index in [0.29, 0.717) is 5.91 Å². The molecule has 1 saturated carbocycles. The fraction of sp³-hybridized carbons (Fsp3) is 0.933. The Labute approximate surface area is 117 Å². The summed E-state index contributed by atoms with van der Waals surface area (Å²) >= 11 is 0. The van der Waals surface area contributed by atoms with E-state index in [1.165, 1.54) is 13.0 Å². The Morgan fingerprint density at radius 1 is 1.21 bits per heavy atom.